The van der Waals surface area contributed by atoms with E-state index in [9.17, 15) is 14.4 Å². The highest BCUT2D eigenvalue weighted by Crippen LogP contribution is 2.17. The van der Waals surface area contributed by atoms with Crippen LogP contribution in [-0.4, -0.2) is 84.8 Å². The van der Waals surface area contributed by atoms with Crippen molar-refractivity contribution in [3.8, 4) is 5.75 Å². The number of hydrogen-bond donors (Lipinski definition) is 1. The second-order valence-electron chi connectivity index (χ2n) is 6.69. The zero-order chi connectivity index (χ0) is 18.7. The Morgan fingerprint density at radius 1 is 1.23 bits per heavy atom. The smallest absolute Gasteiger partial charge is 0.248 e. The predicted molar refractivity (Wildman–Crippen MR) is 94.6 cm³/mol. The average molecular weight is 360 g/mol. The van der Waals surface area contributed by atoms with Gasteiger partial charge in [0.1, 0.15) is 11.8 Å². The summed E-state index contributed by atoms with van der Waals surface area (Å²) < 4.78 is 5.68. The first-order valence-electron chi connectivity index (χ1n) is 8.75. The monoisotopic (exact) mass is 360 g/mol. The summed E-state index contributed by atoms with van der Waals surface area (Å²) in [5.74, 6) is 0.270. The largest absolute Gasteiger partial charge is 0.494 e. The summed E-state index contributed by atoms with van der Waals surface area (Å²) in [6, 6.07) is 6.36. The number of benzene rings is 1. The van der Waals surface area contributed by atoms with E-state index in [0.717, 1.165) is 19.5 Å². The zero-order valence-corrected chi connectivity index (χ0v) is 14.9. The molecule has 140 valence electrons. The Morgan fingerprint density at radius 2 is 1.96 bits per heavy atom. The Kier molecular flexibility index (Phi) is 5.41. The lowest BCUT2D eigenvalue weighted by Gasteiger charge is -2.45. The highest BCUT2D eigenvalue weighted by atomic mass is 16.5. The van der Waals surface area contributed by atoms with Gasteiger partial charge in [-0.15, -0.1) is 0 Å². The molecule has 0 unspecified atom stereocenters. The van der Waals surface area contributed by atoms with E-state index in [1.54, 1.807) is 36.2 Å². The van der Waals surface area contributed by atoms with Gasteiger partial charge in [0.05, 0.1) is 13.2 Å². The fraction of sp³-hybridized carbons (Fsp3) is 0.500. The molecule has 2 aliphatic heterocycles. The molecule has 0 bridgehead atoms. The van der Waals surface area contributed by atoms with Gasteiger partial charge in [0.2, 0.25) is 17.7 Å². The number of amides is 3. The summed E-state index contributed by atoms with van der Waals surface area (Å²) in [5.41, 5.74) is 5.66. The number of nitrogens with zero attached hydrogens (tertiary/aromatic N) is 3. The lowest BCUT2D eigenvalue weighted by Crippen LogP contribution is -2.66. The Morgan fingerprint density at radius 3 is 2.65 bits per heavy atom. The van der Waals surface area contributed by atoms with Gasteiger partial charge in [0.15, 0.2) is 0 Å². The van der Waals surface area contributed by atoms with E-state index < -0.39 is 5.91 Å². The highest BCUT2D eigenvalue weighted by Gasteiger charge is 2.40. The zero-order valence-electron chi connectivity index (χ0n) is 14.9. The number of primary amides is 1. The third kappa shape index (κ3) is 3.96. The molecule has 8 nitrogen and oxygen atoms in total. The van der Waals surface area contributed by atoms with E-state index in [4.69, 9.17) is 10.5 Å². The number of fused-ring (bicyclic) bond motifs is 1. The van der Waals surface area contributed by atoms with Crippen LogP contribution < -0.4 is 10.5 Å². The molecular weight excluding hydrogens is 336 g/mol. The number of carbonyl (C=O) groups excluding carboxylic acids is 3. The minimum Gasteiger partial charge on any atom is -0.494 e. The van der Waals surface area contributed by atoms with Gasteiger partial charge >= 0.3 is 0 Å². The van der Waals surface area contributed by atoms with Gasteiger partial charge in [-0.05, 0) is 30.7 Å². The molecule has 3 rings (SSSR count). The van der Waals surface area contributed by atoms with Gasteiger partial charge in [0, 0.05) is 38.8 Å². The SMILES string of the molecule is CN1CC(=O)N2CCN(CCCOc3ccc(C(N)=O)cc3)C[C@@H]2C1=O. The van der Waals surface area contributed by atoms with E-state index in [1.807, 2.05) is 0 Å². The molecule has 2 fully saturated rings. The molecule has 2 aliphatic rings. The number of piperazine rings is 2. The fourth-order valence-corrected chi connectivity index (χ4v) is 3.37. The molecule has 8 heteroatoms. The number of likely N-dealkylation sites (N-methyl/N-ethyl adjacent to an activating group) is 1. The number of carbonyl (C=O) groups is 3. The van der Waals surface area contributed by atoms with Crippen molar-refractivity contribution in [3.63, 3.8) is 0 Å². The van der Waals surface area contributed by atoms with Gasteiger partial charge < -0.3 is 20.3 Å². The van der Waals surface area contributed by atoms with Crippen molar-refractivity contribution in [2.45, 2.75) is 12.5 Å². The fourth-order valence-electron chi connectivity index (χ4n) is 3.37. The van der Waals surface area contributed by atoms with Crippen LogP contribution in [0.15, 0.2) is 24.3 Å². The first-order valence-corrected chi connectivity index (χ1v) is 8.75. The van der Waals surface area contributed by atoms with Crippen LogP contribution in [0.5, 0.6) is 5.75 Å². The maximum Gasteiger partial charge on any atom is 0.248 e. The second kappa shape index (κ2) is 7.74. The quantitative estimate of drug-likeness (QED) is 0.693. The lowest BCUT2D eigenvalue weighted by molar-refractivity contribution is -0.158. The molecule has 1 aromatic carbocycles. The Balaban J connectivity index is 1.43. The third-order valence-corrected chi connectivity index (χ3v) is 4.84. The Bertz CT molecular complexity index is 691. The molecule has 2 N–H and O–H groups in total. The molecule has 2 saturated heterocycles. The van der Waals surface area contributed by atoms with E-state index in [1.165, 1.54) is 4.90 Å². The first-order chi connectivity index (χ1) is 12.5. The third-order valence-electron chi connectivity index (χ3n) is 4.84. The van der Waals surface area contributed by atoms with Gasteiger partial charge in [-0.1, -0.05) is 0 Å². The van der Waals surface area contributed by atoms with E-state index in [2.05, 4.69) is 4.90 Å². The summed E-state index contributed by atoms with van der Waals surface area (Å²) in [7, 11) is 1.67. The van der Waals surface area contributed by atoms with Gasteiger partial charge in [-0.2, -0.15) is 0 Å². The van der Waals surface area contributed by atoms with Crippen LogP contribution >= 0.6 is 0 Å². The van der Waals surface area contributed by atoms with Crippen molar-refractivity contribution in [1.29, 1.82) is 0 Å². The summed E-state index contributed by atoms with van der Waals surface area (Å²) in [6.07, 6.45) is 0.808. The highest BCUT2D eigenvalue weighted by molar-refractivity contribution is 5.95. The van der Waals surface area contributed by atoms with Crippen LogP contribution in [0.25, 0.3) is 0 Å². The molecule has 1 atom stereocenters. The lowest BCUT2D eigenvalue weighted by atomic mass is 10.1. The first kappa shape index (κ1) is 18.2. The number of rotatable bonds is 6. The number of hydrogen-bond acceptors (Lipinski definition) is 5. The minimum absolute atomic E-state index is 0.0140. The standard InChI is InChI=1S/C18H24N4O4/c1-20-12-16(23)22-9-8-21(11-15(22)18(20)25)7-2-10-26-14-5-3-13(4-6-14)17(19)24/h3-6,15H,2,7-12H2,1H3,(H2,19,24)/t15-/m1/s1. The van der Waals surface area contributed by atoms with Crippen molar-refractivity contribution in [1.82, 2.24) is 14.7 Å². The number of nitrogens with two attached hydrogens (primary N) is 1. The maximum atomic E-state index is 12.3. The van der Waals surface area contributed by atoms with Gasteiger partial charge in [-0.3, -0.25) is 19.3 Å². The molecule has 2 heterocycles. The van der Waals surface area contributed by atoms with Crippen molar-refractivity contribution >= 4 is 17.7 Å². The molecule has 3 amide bonds. The predicted octanol–water partition coefficient (Wildman–Crippen LogP) is -0.461. The van der Waals surface area contributed by atoms with Crippen LogP contribution in [0.1, 0.15) is 16.8 Å². The molecule has 26 heavy (non-hydrogen) atoms. The van der Waals surface area contributed by atoms with Crippen LogP contribution in [0, 0.1) is 0 Å². The van der Waals surface area contributed by atoms with E-state index in [-0.39, 0.29) is 24.4 Å². The summed E-state index contributed by atoms with van der Waals surface area (Å²) in [6.45, 7) is 3.45. The Labute approximate surface area is 152 Å². The molecule has 0 saturated carbocycles. The van der Waals surface area contributed by atoms with E-state index >= 15 is 0 Å². The summed E-state index contributed by atoms with van der Waals surface area (Å²) in [5, 5.41) is 0. The molecule has 1 aromatic rings. The molecule has 0 aliphatic carbocycles. The number of ether oxygens (including phenoxy) is 1. The van der Waals surface area contributed by atoms with Crippen molar-refractivity contribution in [2.75, 3.05) is 46.4 Å². The van der Waals surface area contributed by atoms with Crippen LogP contribution in [0.3, 0.4) is 0 Å². The van der Waals surface area contributed by atoms with Crippen molar-refractivity contribution in [3.05, 3.63) is 29.8 Å². The molecular formula is C18H24N4O4. The molecule has 0 spiro atoms. The minimum atomic E-state index is -0.461. The summed E-state index contributed by atoms with van der Waals surface area (Å²) in [4.78, 5) is 40.8. The molecule has 0 aromatic heterocycles. The maximum absolute atomic E-state index is 12.3. The van der Waals surface area contributed by atoms with Crippen LogP contribution in [-0.2, 0) is 9.59 Å². The van der Waals surface area contributed by atoms with Gasteiger partial charge in [0.25, 0.3) is 0 Å². The molecule has 0 radical (unpaired) electrons. The normalized spacial score (nSPS) is 20.9. The second-order valence-corrected chi connectivity index (χ2v) is 6.69. The van der Waals surface area contributed by atoms with Crippen molar-refractivity contribution < 1.29 is 19.1 Å². The topological polar surface area (TPSA) is 96.2 Å². The van der Waals surface area contributed by atoms with Gasteiger partial charge in [-0.25, -0.2) is 0 Å². The average Bonchev–Trinajstić information content (AvgIpc) is 2.63. The summed E-state index contributed by atoms with van der Waals surface area (Å²) >= 11 is 0. The van der Waals surface area contributed by atoms with Crippen molar-refractivity contribution in [2.24, 2.45) is 5.73 Å². The Hall–Kier alpha value is -2.61. The van der Waals surface area contributed by atoms with Crippen LogP contribution in [0.4, 0.5) is 0 Å². The van der Waals surface area contributed by atoms with E-state index in [0.29, 0.717) is 31.0 Å². The van der Waals surface area contributed by atoms with Crippen LogP contribution in [0.2, 0.25) is 0 Å².